The van der Waals surface area contributed by atoms with E-state index in [4.69, 9.17) is 0 Å². The Labute approximate surface area is 159 Å². The number of hydrogen-bond donors (Lipinski definition) is 0. The van der Waals surface area contributed by atoms with Crippen LogP contribution in [0.5, 0.6) is 0 Å². The number of fused-ring (bicyclic) bond motifs is 2. The summed E-state index contributed by atoms with van der Waals surface area (Å²) in [6.45, 7) is 4.56. The third-order valence-electron chi connectivity index (χ3n) is 7.11. The van der Waals surface area contributed by atoms with E-state index in [-0.39, 0.29) is 0 Å². The van der Waals surface area contributed by atoms with Crippen LogP contribution in [0.2, 0.25) is 0 Å². The summed E-state index contributed by atoms with van der Waals surface area (Å²) in [7, 11) is 0. The number of allylic oxidation sites excluding steroid dienone is 2. The maximum absolute atomic E-state index is 2.49. The molecule has 2 aromatic rings. The molecule has 2 fully saturated rings. The van der Waals surface area contributed by atoms with Gasteiger partial charge in [-0.2, -0.15) is 0 Å². The van der Waals surface area contributed by atoms with Gasteiger partial charge in [-0.25, -0.2) is 0 Å². The molecule has 2 saturated carbocycles. The van der Waals surface area contributed by atoms with E-state index in [1.165, 1.54) is 54.9 Å². The van der Waals surface area contributed by atoms with Crippen LogP contribution in [0.3, 0.4) is 0 Å². The van der Waals surface area contributed by atoms with Gasteiger partial charge < -0.3 is 0 Å². The second-order valence-corrected chi connectivity index (χ2v) is 9.00. The van der Waals surface area contributed by atoms with Crippen molar-refractivity contribution in [3.63, 3.8) is 0 Å². The first kappa shape index (κ1) is 17.8. The second kappa shape index (κ2) is 7.99. The molecule has 2 aromatic carbocycles. The van der Waals surface area contributed by atoms with E-state index in [1.54, 1.807) is 5.56 Å². The van der Waals surface area contributed by atoms with Crippen LogP contribution in [-0.2, 0) is 6.42 Å². The number of hydrogen-bond acceptors (Lipinski definition) is 0. The Kier molecular flexibility index (Phi) is 5.48. The summed E-state index contributed by atoms with van der Waals surface area (Å²) in [5.41, 5.74) is 3.05. The van der Waals surface area contributed by atoms with Crippen LogP contribution in [0.1, 0.15) is 75.8 Å². The van der Waals surface area contributed by atoms with Gasteiger partial charge in [0, 0.05) is 0 Å². The van der Waals surface area contributed by atoms with Crippen molar-refractivity contribution >= 4 is 10.8 Å². The zero-order chi connectivity index (χ0) is 17.9. The topological polar surface area (TPSA) is 0 Å². The summed E-state index contributed by atoms with van der Waals surface area (Å²) < 4.78 is 0. The van der Waals surface area contributed by atoms with E-state index in [0.717, 1.165) is 36.5 Å². The van der Waals surface area contributed by atoms with E-state index >= 15 is 0 Å². The van der Waals surface area contributed by atoms with E-state index in [1.807, 2.05) is 0 Å². The Morgan fingerprint density at radius 3 is 2.54 bits per heavy atom. The highest BCUT2D eigenvalue weighted by Crippen LogP contribution is 2.47. The molecule has 0 bridgehead atoms. The molecule has 0 saturated heterocycles. The van der Waals surface area contributed by atoms with Crippen LogP contribution in [-0.4, -0.2) is 0 Å². The molecule has 4 rings (SSSR count). The maximum Gasteiger partial charge on any atom is -0.0159 e. The SMILES string of the molecule is CC=CCCc1ccc2cc(C3CCC4CC(C)CCC4C3)ccc2c1. The molecule has 138 valence electrons. The maximum atomic E-state index is 2.49. The van der Waals surface area contributed by atoms with Gasteiger partial charge in [0.2, 0.25) is 0 Å². The molecule has 0 heteroatoms. The van der Waals surface area contributed by atoms with Crippen molar-refractivity contribution in [2.45, 2.75) is 71.1 Å². The van der Waals surface area contributed by atoms with Gasteiger partial charge in [0.25, 0.3) is 0 Å². The molecule has 2 aliphatic carbocycles. The Hall–Kier alpha value is -1.56. The van der Waals surface area contributed by atoms with E-state index in [2.05, 4.69) is 62.4 Å². The van der Waals surface area contributed by atoms with Gasteiger partial charge in [0.15, 0.2) is 0 Å². The van der Waals surface area contributed by atoms with Crippen molar-refractivity contribution in [2.24, 2.45) is 17.8 Å². The van der Waals surface area contributed by atoms with E-state index < -0.39 is 0 Å². The lowest BCUT2D eigenvalue weighted by Gasteiger charge is -2.41. The van der Waals surface area contributed by atoms with Gasteiger partial charge in [-0.15, -0.1) is 0 Å². The molecular formula is C26H34. The first-order valence-corrected chi connectivity index (χ1v) is 10.9. The average molecular weight is 347 g/mol. The monoisotopic (exact) mass is 346 g/mol. The third-order valence-corrected chi connectivity index (χ3v) is 7.11. The highest BCUT2D eigenvalue weighted by atomic mass is 14.4. The molecule has 0 radical (unpaired) electrons. The number of rotatable bonds is 4. The van der Waals surface area contributed by atoms with E-state index in [9.17, 15) is 0 Å². The quantitative estimate of drug-likeness (QED) is 0.498. The van der Waals surface area contributed by atoms with Crippen molar-refractivity contribution < 1.29 is 0 Å². The molecule has 0 heterocycles. The molecule has 26 heavy (non-hydrogen) atoms. The second-order valence-electron chi connectivity index (χ2n) is 9.00. The smallest absolute Gasteiger partial charge is 0.0159 e. The molecule has 0 aromatic heterocycles. The summed E-state index contributed by atoms with van der Waals surface area (Å²) in [5, 5.41) is 2.84. The van der Waals surface area contributed by atoms with Crippen LogP contribution < -0.4 is 0 Å². The molecule has 4 atom stereocenters. The molecule has 4 unspecified atom stereocenters. The highest BCUT2D eigenvalue weighted by Gasteiger charge is 2.34. The predicted octanol–water partition coefficient (Wildman–Crippen LogP) is 7.67. The lowest BCUT2D eigenvalue weighted by molar-refractivity contribution is 0.124. The fraction of sp³-hybridized carbons (Fsp3) is 0.538. The Morgan fingerprint density at radius 2 is 1.65 bits per heavy atom. The van der Waals surface area contributed by atoms with Gasteiger partial charge in [-0.05, 0) is 97.4 Å². The molecule has 0 amide bonds. The van der Waals surface area contributed by atoms with Crippen LogP contribution in [0.15, 0.2) is 48.6 Å². The first-order chi connectivity index (χ1) is 12.7. The minimum absolute atomic E-state index is 0.795. The van der Waals surface area contributed by atoms with Crippen LogP contribution in [0.25, 0.3) is 10.8 Å². The van der Waals surface area contributed by atoms with Crippen molar-refractivity contribution in [1.29, 1.82) is 0 Å². The fourth-order valence-corrected chi connectivity index (χ4v) is 5.57. The lowest BCUT2D eigenvalue weighted by Crippen LogP contribution is -2.29. The van der Waals surface area contributed by atoms with Gasteiger partial charge in [-0.1, -0.05) is 61.9 Å². The summed E-state index contributed by atoms with van der Waals surface area (Å²) >= 11 is 0. The van der Waals surface area contributed by atoms with Crippen molar-refractivity contribution in [1.82, 2.24) is 0 Å². The lowest BCUT2D eigenvalue weighted by atomic mass is 9.64. The molecule has 2 aliphatic rings. The minimum atomic E-state index is 0.795. The molecule has 0 N–H and O–H groups in total. The van der Waals surface area contributed by atoms with Crippen LogP contribution in [0, 0.1) is 17.8 Å². The third kappa shape index (κ3) is 3.90. The molecule has 0 spiro atoms. The van der Waals surface area contributed by atoms with Crippen molar-refractivity contribution in [3.8, 4) is 0 Å². The minimum Gasteiger partial charge on any atom is -0.0917 e. The summed E-state index contributed by atoms with van der Waals surface area (Å²) in [5.74, 6) is 3.78. The highest BCUT2D eigenvalue weighted by molar-refractivity contribution is 5.84. The molecular weight excluding hydrogens is 312 g/mol. The average Bonchev–Trinajstić information content (AvgIpc) is 2.67. The van der Waals surface area contributed by atoms with Gasteiger partial charge in [-0.3, -0.25) is 0 Å². The fourth-order valence-electron chi connectivity index (χ4n) is 5.57. The Bertz CT molecular complexity index is 769. The van der Waals surface area contributed by atoms with Crippen LogP contribution >= 0.6 is 0 Å². The largest absolute Gasteiger partial charge is 0.0917 e. The summed E-state index contributed by atoms with van der Waals surface area (Å²) in [6, 6.07) is 14.4. The first-order valence-electron chi connectivity index (χ1n) is 10.9. The van der Waals surface area contributed by atoms with Gasteiger partial charge in [0.05, 0.1) is 0 Å². The normalized spacial score (nSPS) is 29.2. The van der Waals surface area contributed by atoms with E-state index in [0.29, 0.717) is 0 Å². The Morgan fingerprint density at radius 1 is 0.885 bits per heavy atom. The molecule has 0 nitrogen and oxygen atoms in total. The zero-order valence-corrected chi connectivity index (χ0v) is 16.6. The summed E-state index contributed by atoms with van der Waals surface area (Å²) in [4.78, 5) is 0. The predicted molar refractivity (Wildman–Crippen MR) is 114 cm³/mol. The van der Waals surface area contributed by atoms with Gasteiger partial charge >= 0.3 is 0 Å². The van der Waals surface area contributed by atoms with Crippen molar-refractivity contribution in [2.75, 3.05) is 0 Å². The van der Waals surface area contributed by atoms with Crippen LogP contribution in [0.4, 0.5) is 0 Å². The Balaban J connectivity index is 1.48. The van der Waals surface area contributed by atoms with Gasteiger partial charge in [0.1, 0.15) is 0 Å². The summed E-state index contributed by atoms with van der Waals surface area (Å²) in [6.07, 6.45) is 15.4. The standard InChI is InChI=1S/C26H34/c1-3-4-5-6-20-8-10-24-18-26(14-12-22(24)16-20)25-13-11-21-15-19(2)7-9-23(21)17-25/h3-4,8,10,12,14,16,18-19,21,23,25H,5-7,9,11,13,15,17H2,1-2H3. The molecule has 0 aliphatic heterocycles. The van der Waals surface area contributed by atoms with Crippen molar-refractivity contribution in [3.05, 3.63) is 59.7 Å². The number of benzene rings is 2. The number of aryl methyl sites for hydroxylation is 1. The zero-order valence-electron chi connectivity index (χ0n) is 16.6.